The van der Waals surface area contributed by atoms with Gasteiger partial charge in [0.2, 0.25) is 5.95 Å². The van der Waals surface area contributed by atoms with Gasteiger partial charge in [-0.25, -0.2) is 9.97 Å². The van der Waals surface area contributed by atoms with E-state index in [9.17, 15) is 0 Å². The number of aryl methyl sites for hydroxylation is 1. The van der Waals surface area contributed by atoms with E-state index in [1.165, 1.54) is 24.1 Å². The minimum Gasteiger partial charge on any atom is -0.357 e. The fraction of sp³-hybridized carbons (Fsp3) is 0.318. The minimum atomic E-state index is 0.594. The number of hydrogen-bond acceptors (Lipinski definition) is 6. The maximum Gasteiger partial charge on any atom is 0.229 e. The fourth-order valence-corrected chi connectivity index (χ4v) is 4.05. The Kier molecular flexibility index (Phi) is 4.53. The Hall–Kier alpha value is -3.15. The maximum atomic E-state index is 4.76. The van der Waals surface area contributed by atoms with Crippen LogP contribution in [0.5, 0.6) is 0 Å². The van der Waals surface area contributed by atoms with Gasteiger partial charge in [-0.1, -0.05) is 18.2 Å². The summed E-state index contributed by atoms with van der Waals surface area (Å²) in [6.45, 7) is 3.17. The first kappa shape index (κ1) is 17.0. The predicted octanol–water partition coefficient (Wildman–Crippen LogP) is 4.30. The summed E-state index contributed by atoms with van der Waals surface area (Å²) in [5.74, 6) is 2.56. The molecule has 1 N–H and O–H groups in total. The number of nitrogens with one attached hydrogen (secondary N) is 1. The number of rotatable bonds is 4. The van der Waals surface area contributed by atoms with Gasteiger partial charge in [-0.15, -0.1) is 0 Å². The molecule has 6 heteroatoms. The highest BCUT2D eigenvalue weighted by Crippen LogP contribution is 2.32. The van der Waals surface area contributed by atoms with Crippen LogP contribution in [-0.2, 0) is 6.42 Å². The summed E-state index contributed by atoms with van der Waals surface area (Å²) in [5, 5.41) is 3.30. The Morgan fingerprint density at radius 3 is 2.57 bits per heavy atom. The Balaban J connectivity index is 1.35. The van der Waals surface area contributed by atoms with Crippen molar-refractivity contribution in [1.82, 2.24) is 15.0 Å². The molecule has 28 heavy (non-hydrogen) atoms. The van der Waals surface area contributed by atoms with Crippen molar-refractivity contribution < 1.29 is 0 Å². The van der Waals surface area contributed by atoms with Crippen molar-refractivity contribution in [1.29, 1.82) is 0 Å². The van der Waals surface area contributed by atoms with Crippen LogP contribution in [0.25, 0.3) is 0 Å². The molecule has 2 aliphatic rings. The first-order valence-electron chi connectivity index (χ1n) is 10.0. The number of benzene rings is 1. The molecule has 1 fully saturated rings. The van der Waals surface area contributed by atoms with Gasteiger partial charge in [0.05, 0.1) is 11.9 Å². The molecule has 0 bridgehead atoms. The molecule has 0 aliphatic carbocycles. The number of para-hydroxylation sites is 1. The molecular formula is C22H24N6. The highest BCUT2D eigenvalue weighted by molar-refractivity contribution is 5.66. The first-order valence-corrected chi connectivity index (χ1v) is 10.0. The molecule has 6 nitrogen and oxygen atoms in total. The molecule has 1 aromatic carbocycles. The van der Waals surface area contributed by atoms with Crippen LogP contribution >= 0.6 is 0 Å². The molecule has 142 valence electrons. The summed E-state index contributed by atoms with van der Waals surface area (Å²) in [6.07, 6.45) is 8.43. The Labute approximate surface area is 165 Å². The van der Waals surface area contributed by atoms with Gasteiger partial charge in [-0.05, 0) is 55.5 Å². The monoisotopic (exact) mass is 372 g/mol. The quantitative estimate of drug-likeness (QED) is 0.737. The molecule has 0 atom stereocenters. The number of aromatic nitrogens is 3. The van der Waals surface area contributed by atoms with Crippen molar-refractivity contribution in [2.45, 2.75) is 25.7 Å². The zero-order chi connectivity index (χ0) is 18.8. The first-order chi connectivity index (χ1) is 13.9. The van der Waals surface area contributed by atoms with Gasteiger partial charge >= 0.3 is 0 Å². The van der Waals surface area contributed by atoms with Crippen molar-refractivity contribution in [3.63, 3.8) is 0 Å². The van der Waals surface area contributed by atoms with Crippen LogP contribution < -0.4 is 15.1 Å². The molecule has 0 spiro atoms. The van der Waals surface area contributed by atoms with Gasteiger partial charge in [-0.2, -0.15) is 4.98 Å². The molecule has 3 aromatic rings. The second kappa shape index (κ2) is 7.46. The third kappa shape index (κ3) is 3.38. The van der Waals surface area contributed by atoms with Gasteiger partial charge < -0.3 is 15.1 Å². The number of anilines is 5. The van der Waals surface area contributed by atoms with Gasteiger partial charge in [0.25, 0.3) is 0 Å². The lowest BCUT2D eigenvalue weighted by atomic mass is 10.0. The van der Waals surface area contributed by atoms with Crippen LogP contribution in [0.15, 0.2) is 54.9 Å². The average Bonchev–Trinajstić information content (AvgIpc) is 3.29. The second-order valence-electron chi connectivity index (χ2n) is 7.35. The number of nitrogens with zero attached hydrogens (tertiary/aromatic N) is 5. The van der Waals surface area contributed by atoms with E-state index in [-0.39, 0.29) is 0 Å². The normalized spacial score (nSPS) is 16.1. The van der Waals surface area contributed by atoms with Crippen LogP contribution in [0.1, 0.15) is 24.8 Å². The lowest BCUT2D eigenvalue weighted by molar-refractivity contribution is 0.759. The van der Waals surface area contributed by atoms with E-state index in [1.54, 1.807) is 0 Å². The third-order valence-electron chi connectivity index (χ3n) is 5.46. The van der Waals surface area contributed by atoms with Crippen molar-refractivity contribution in [2.75, 3.05) is 34.8 Å². The van der Waals surface area contributed by atoms with Gasteiger partial charge in [0.1, 0.15) is 11.6 Å². The standard InChI is InChI=1S/C22H24N6/c1-2-8-19-17(6-1)7-5-15-28(19)21-11-12-23-22(26-21)25-18-9-10-20(24-16-18)27-13-3-4-14-27/h1-2,6,8-12,16H,3-5,7,13-15H2,(H,23,25,26). The summed E-state index contributed by atoms with van der Waals surface area (Å²) in [6, 6.07) is 14.7. The van der Waals surface area contributed by atoms with Crippen molar-refractivity contribution >= 4 is 29.0 Å². The van der Waals surface area contributed by atoms with Crippen LogP contribution in [0.2, 0.25) is 0 Å². The summed E-state index contributed by atoms with van der Waals surface area (Å²) >= 11 is 0. The van der Waals surface area contributed by atoms with Gasteiger partial charge in [0.15, 0.2) is 0 Å². The van der Waals surface area contributed by atoms with E-state index < -0.39 is 0 Å². The number of hydrogen-bond donors (Lipinski definition) is 1. The van der Waals surface area contributed by atoms with Crippen LogP contribution in [0, 0.1) is 0 Å². The molecule has 0 radical (unpaired) electrons. The molecule has 2 aromatic heterocycles. The Morgan fingerprint density at radius 1 is 0.821 bits per heavy atom. The molecule has 1 saturated heterocycles. The SMILES string of the molecule is c1ccc2c(c1)CCCN2c1ccnc(Nc2ccc(N3CCCC3)nc2)n1. The topological polar surface area (TPSA) is 57.2 Å². The molecule has 2 aliphatic heterocycles. The van der Waals surface area contributed by atoms with E-state index >= 15 is 0 Å². The summed E-state index contributed by atoms with van der Waals surface area (Å²) in [7, 11) is 0. The van der Waals surface area contributed by atoms with Gasteiger partial charge in [0, 0.05) is 31.5 Å². The van der Waals surface area contributed by atoms with Crippen LogP contribution in [-0.4, -0.2) is 34.6 Å². The van der Waals surface area contributed by atoms with Crippen molar-refractivity contribution in [2.24, 2.45) is 0 Å². The Morgan fingerprint density at radius 2 is 1.71 bits per heavy atom. The second-order valence-corrected chi connectivity index (χ2v) is 7.35. The molecule has 0 saturated carbocycles. The summed E-state index contributed by atoms with van der Waals surface area (Å²) in [5.41, 5.74) is 3.53. The Bertz CT molecular complexity index is 949. The van der Waals surface area contributed by atoms with E-state index in [0.29, 0.717) is 5.95 Å². The number of pyridine rings is 1. The molecule has 4 heterocycles. The zero-order valence-corrected chi connectivity index (χ0v) is 15.9. The van der Waals surface area contributed by atoms with Crippen LogP contribution in [0.4, 0.5) is 29.0 Å². The average molecular weight is 372 g/mol. The predicted molar refractivity (Wildman–Crippen MR) is 113 cm³/mol. The van der Waals surface area contributed by atoms with E-state index in [1.807, 2.05) is 24.5 Å². The van der Waals surface area contributed by atoms with Crippen molar-refractivity contribution in [3.8, 4) is 0 Å². The van der Waals surface area contributed by atoms with Gasteiger partial charge in [-0.3, -0.25) is 0 Å². The summed E-state index contributed by atoms with van der Waals surface area (Å²) < 4.78 is 0. The summed E-state index contributed by atoms with van der Waals surface area (Å²) in [4.78, 5) is 18.4. The van der Waals surface area contributed by atoms with Crippen LogP contribution in [0.3, 0.4) is 0 Å². The van der Waals surface area contributed by atoms with E-state index in [4.69, 9.17) is 4.98 Å². The fourth-order valence-electron chi connectivity index (χ4n) is 4.05. The lowest BCUT2D eigenvalue weighted by Crippen LogP contribution is -2.25. The third-order valence-corrected chi connectivity index (χ3v) is 5.46. The molecule has 0 unspecified atom stereocenters. The smallest absolute Gasteiger partial charge is 0.229 e. The largest absolute Gasteiger partial charge is 0.357 e. The highest BCUT2D eigenvalue weighted by Gasteiger charge is 2.19. The van der Waals surface area contributed by atoms with Crippen molar-refractivity contribution in [3.05, 3.63) is 60.4 Å². The molecule has 0 amide bonds. The molecular weight excluding hydrogens is 348 g/mol. The minimum absolute atomic E-state index is 0.594. The molecule has 5 rings (SSSR count). The highest BCUT2D eigenvalue weighted by atomic mass is 15.2. The van der Waals surface area contributed by atoms with E-state index in [2.05, 4.69) is 55.4 Å². The lowest BCUT2D eigenvalue weighted by Gasteiger charge is -2.30. The van der Waals surface area contributed by atoms with E-state index in [0.717, 1.165) is 49.8 Å². The zero-order valence-electron chi connectivity index (χ0n) is 15.9. The maximum absolute atomic E-state index is 4.76. The number of fused-ring (bicyclic) bond motifs is 1.